The third kappa shape index (κ3) is 5.64. The topological polar surface area (TPSA) is 24.9 Å². The number of nitrogens with zero attached hydrogens (tertiary/aromatic N) is 2. The fraction of sp³-hybridized carbons (Fsp3) is 0. The smallest absolute Gasteiger partial charge is 0.172 e. The summed E-state index contributed by atoms with van der Waals surface area (Å²) in [4.78, 5) is 4.64. The number of anilines is 6. The van der Waals surface area contributed by atoms with Gasteiger partial charge in [-0.2, -0.15) is 0 Å². The highest BCUT2D eigenvalue weighted by atomic mass is 32.1. The van der Waals surface area contributed by atoms with Crippen LogP contribution in [0, 0.1) is 0 Å². The van der Waals surface area contributed by atoms with Crippen molar-refractivity contribution in [2.45, 2.75) is 0 Å². The van der Waals surface area contributed by atoms with Gasteiger partial charge in [0.25, 0.3) is 0 Å². The molecular formula is C48H32N2O2S. The molecule has 0 atom stereocenters. The molecular weight excluding hydrogens is 669 g/mol. The highest BCUT2D eigenvalue weighted by Crippen LogP contribution is 2.51. The molecule has 2 heterocycles. The standard InChI is InChI=1S/C48H32N2O2S/c1-4-14-35(15-5-1)49(36-16-6-2-7-17-36)38-26-24-33(25-27-38)34-30-41(48-40-20-10-13-23-46(40)53-47(48)31-34)50(37-18-8-3-9-19-37)39-28-29-44-45(32-39)52-43-22-12-11-21-42(43)51-44/h1-32H. The Labute approximate surface area is 312 Å². The Morgan fingerprint density at radius 3 is 1.51 bits per heavy atom. The number of rotatable bonds is 7. The van der Waals surface area contributed by atoms with Gasteiger partial charge in [-0.1, -0.05) is 97.1 Å². The molecule has 252 valence electrons. The minimum absolute atomic E-state index is 0.682. The Kier molecular flexibility index (Phi) is 7.63. The fourth-order valence-electron chi connectivity index (χ4n) is 7.24. The zero-order valence-electron chi connectivity index (χ0n) is 28.6. The van der Waals surface area contributed by atoms with Gasteiger partial charge in [0, 0.05) is 49.0 Å². The quantitative estimate of drug-likeness (QED) is 0.165. The van der Waals surface area contributed by atoms with Crippen LogP contribution in [0.5, 0.6) is 23.0 Å². The normalized spacial score (nSPS) is 11.7. The third-order valence-electron chi connectivity index (χ3n) is 9.68. The van der Waals surface area contributed by atoms with Crippen LogP contribution in [-0.2, 0) is 0 Å². The lowest BCUT2D eigenvalue weighted by Crippen LogP contribution is -2.11. The monoisotopic (exact) mass is 700 g/mol. The summed E-state index contributed by atoms with van der Waals surface area (Å²) in [5.74, 6) is 2.80. The van der Waals surface area contributed by atoms with Crippen molar-refractivity contribution in [1.82, 2.24) is 0 Å². The Balaban J connectivity index is 1.14. The van der Waals surface area contributed by atoms with E-state index in [1.807, 2.05) is 41.7 Å². The van der Waals surface area contributed by atoms with Gasteiger partial charge in [-0.15, -0.1) is 11.3 Å². The summed E-state index contributed by atoms with van der Waals surface area (Å²) in [6.07, 6.45) is 0. The molecule has 8 aromatic carbocycles. The predicted octanol–water partition coefficient (Wildman–Crippen LogP) is 14.6. The van der Waals surface area contributed by atoms with Crippen LogP contribution in [0.1, 0.15) is 0 Å². The summed E-state index contributed by atoms with van der Waals surface area (Å²) >= 11 is 1.83. The fourth-order valence-corrected chi connectivity index (χ4v) is 8.41. The number of para-hydroxylation sites is 5. The van der Waals surface area contributed by atoms with Crippen LogP contribution < -0.4 is 19.3 Å². The average molecular weight is 701 g/mol. The first kappa shape index (κ1) is 31.0. The summed E-state index contributed by atoms with van der Waals surface area (Å²) in [5.41, 5.74) is 8.73. The van der Waals surface area contributed by atoms with Crippen LogP contribution in [0.2, 0.25) is 0 Å². The van der Waals surface area contributed by atoms with Crippen LogP contribution in [0.15, 0.2) is 194 Å². The van der Waals surface area contributed by atoms with Crippen LogP contribution >= 0.6 is 11.3 Å². The molecule has 0 saturated heterocycles. The van der Waals surface area contributed by atoms with Crippen molar-refractivity contribution in [1.29, 1.82) is 0 Å². The van der Waals surface area contributed by atoms with E-state index in [1.54, 1.807) is 0 Å². The molecule has 1 aromatic heterocycles. The summed E-state index contributed by atoms with van der Waals surface area (Å²) in [6.45, 7) is 0. The molecule has 5 heteroatoms. The third-order valence-corrected chi connectivity index (χ3v) is 10.8. The zero-order valence-corrected chi connectivity index (χ0v) is 29.4. The van der Waals surface area contributed by atoms with E-state index in [0.29, 0.717) is 23.0 Å². The second kappa shape index (κ2) is 13.1. The van der Waals surface area contributed by atoms with Gasteiger partial charge in [-0.25, -0.2) is 0 Å². The number of hydrogen-bond acceptors (Lipinski definition) is 5. The molecule has 0 amide bonds. The Morgan fingerprint density at radius 2 is 0.849 bits per heavy atom. The summed E-state index contributed by atoms with van der Waals surface area (Å²) < 4.78 is 15.2. The van der Waals surface area contributed by atoms with Gasteiger partial charge >= 0.3 is 0 Å². The maximum Gasteiger partial charge on any atom is 0.172 e. The molecule has 53 heavy (non-hydrogen) atoms. The predicted molar refractivity (Wildman–Crippen MR) is 221 cm³/mol. The largest absolute Gasteiger partial charge is 0.450 e. The number of thiophene rings is 1. The first-order chi connectivity index (χ1) is 26.3. The number of benzene rings is 8. The van der Waals surface area contributed by atoms with Crippen LogP contribution in [-0.4, -0.2) is 0 Å². The molecule has 1 aliphatic heterocycles. The van der Waals surface area contributed by atoms with Crippen molar-refractivity contribution in [3.8, 4) is 34.1 Å². The van der Waals surface area contributed by atoms with E-state index in [4.69, 9.17) is 9.47 Å². The van der Waals surface area contributed by atoms with Crippen molar-refractivity contribution in [3.05, 3.63) is 194 Å². The van der Waals surface area contributed by atoms with E-state index < -0.39 is 0 Å². The molecule has 0 aliphatic carbocycles. The van der Waals surface area contributed by atoms with E-state index >= 15 is 0 Å². The number of ether oxygens (including phenoxy) is 2. The van der Waals surface area contributed by atoms with Gasteiger partial charge in [-0.05, 0) is 102 Å². The van der Waals surface area contributed by atoms with Crippen molar-refractivity contribution in [3.63, 3.8) is 0 Å². The molecule has 0 spiro atoms. The number of hydrogen-bond donors (Lipinski definition) is 0. The lowest BCUT2D eigenvalue weighted by atomic mass is 10.00. The van der Waals surface area contributed by atoms with E-state index in [0.717, 1.165) is 45.3 Å². The molecule has 0 fully saturated rings. The summed E-state index contributed by atoms with van der Waals surface area (Å²) in [6, 6.07) is 67.9. The molecule has 0 unspecified atom stereocenters. The average Bonchev–Trinajstić information content (AvgIpc) is 3.60. The molecule has 4 nitrogen and oxygen atoms in total. The van der Waals surface area contributed by atoms with Gasteiger partial charge < -0.3 is 19.3 Å². The molecule has 0 bridgehead atoms. The van der Waals surface area contributed by atoms with Gasteiger partial charge in [0.05, 0.1) is 11.4 Å². The van der Waals surface area contributed by atoms with Crippen molar-refractivity contribution < 1.29 is 9.47 Å². The van der Waals surface area contributed by atoms with Crippen molar-refractivity contribution >= 4 is 65.6 Å². The van der Waals surface area contributed by atoms with Crippen LogP contribution in [0.4, 0.5) is 34.1 Å². The van der Waals surface area contributed by atoms with E-state index in [-0.39, 0.29) is 0 Å². The van der Waals surface area contributed by atoms with Crippen molar-refractivity contribution in [2.24, 2.45) is 0 Å². The lowest BCUT2D eigenvalue weighted by molar-refractivity contribution is 0.360. The summed E-state index contributed by atoms with van der Waals surface area (Å²) in [7, 11) is 0. The second-order valence-electron chi connectivity index (χ2n) is 13.0. The molecule has 10 rings (SSSR count). The summed E-state index contributed by atoms with van der Waals surface area (Å²) in [5, 5.41) is 2.45. The Morgan fingerprint density at radius 1 is 0.340 bits per heavy atom. The zero-order chi connectivity index (χ0) is 35.1. The van der Waals surface area contributed by atoms with Crippen LogP contribution in [0.25, 0.3) is 31.3 Å². The van der Waals surface area contributed by atoms with E-state index in [9.17, 15) is 0 Å². The van der Waals surface area contributed by atoms with E-state index in [2.05, 4.69) is 174 Å². The van der Waals surface area contributed by atoms with Gasteiger partial charge in [0.1, 0.15) is 0 Å². The molecule has 0 N–H and O–H groups in total. The molecule has 9 aromatic rings. The number of fused-ring (bicyclic) bond motifs is 5. The molecule has 0 radical (unpaired) electrons. The maximum absolute atomic E-state index is 6.42. The first-order valence-electron chi connectivity index (χ1n) is 17.7. The minimum Gasteiger partial charge on any atom is -0.450 e. The van der Waals surface area contributed by atoms with Crippen LogP contribution in [0.3, 0.4) is 0 Å². The Bertz CT molecular complexity index is 2690. The maximum atomic E-state index is 6.42. The molecule has 0 saturated carbocycles. The van der Waals surface area contributed by atoms with Gasteiger partial charge in [0.2, 0.25) is 0 Å². The SMILES string of the molecule is c1ccc(N(c2ccccc2)c2ccc(-c3cc(N(c4ccccc4)c4ccc5c(c4)Oc4ccccc4O5)c4c(c3)sc3ccccc34)cc2)cc1. The van der Waals surface area contributed by atoms with Crippen molar-refractivity contribution in [2.75, 3.05) is 9.80 Å². The van der Waals surface area contributed by atoms with Gasteiger partial charge in [-0.3, -0.25) is 0 Å². The van der Waals surface area contributed by atoms with E-state index in [1.165, 1.54) is 20.2 Å². The Hall–Kier alpha value is -6.82. The second-order valence-corrected chi connectivity index (χ2v) is 14.1. The van der Waals surface area contributed by atoms with Gasteiger partial charge in [0.15, 0.2) is 23.0 Å². The minimum atomic E-state index is 0.682. The first-order valence-corrected chi connectivity index (χ1v) is 18.5. The lowest BCUT2D eigenvalue weighted by Gasteiger charge is -2.29. The highest BCUT2D eigenvalue weighted by molar-refractivity contribution is 7.26. The molecule has 1 aliphatic rings. The highest BCUT2D eigenvalue weighted by Gasteiger charge is 2.24.